The number of hydrogen-bond donors (Lipinski definition) is 0. The molecule has 0 aliphatic carbocycles. The zero-order valence-electron chi connectivity index (χ0n) is 16.0. The van der Waals surface area contributed by atoms with Gasteiger partial charge in [0.1, 0.15) is 5.75 Å². The molecule has 0 spiro atoms. The molecule has 23 heavy (non-hydrogen) atoms. The molecule has 0 heterocycles. The van der Waals surface area contributed by atoms with Gasteiger partial charge in [0.05, 0.1) is 18.3 Å². The fourth-order valence-corrected chi connectivity index (χ4v) is 2.87. The number of rotatable bonds is 8. The van der Waals surface area contributed by atoms with Crippen molar-refractivity contribution in [3.63, 3.8) is 0 Å². The fourth-order valence-electron chi connectivity index (χ4n) is 2.87. The van der Waals surface area contributed by atoms with E-state index in [-0.39, 0.29) is 11.2 Å². The van der Waals surface area contributed by atoms with Crippen LogP contribution in [0.3, 0.4) is 0 Å². The predicted octanol–water partition coefficient (Wildman–Crippen LogP) is 6.03. The van der Waals surface area contributed by atoms with E-state index in [0.29, 0.717) is 0 Å². The maximum Gasteiger partial charge on any atom is 0.126 e. The highest BCUT2D eigenvalue weighted by molar-refractivity contribution is 5.58. The number of benzene rings is 1. The molecule has 0 amide bonds. The Hall–Kier alpha value is -1.28. The molecule has 0 saturated carbocycles. The second-order valence-electron chi connectivity index (χ2n) is 7.70. The van der Waals surface area contributed by atoms with Crippen molar-refractivity contribution < 1.29 is 9.47 Å². The van der Waals surface area contributed by atoms with Crippen molar-refractivity contribution in [2.24, 2.45) is 0 Å². The van der Waals surface area contributed by atoms with E-state index in [2.05, 4.69) is 71.9 Å². The lowest BCUT2D eigenvalue weighted by Crippen LogP contribution is -2.34. The summed E-state index contributed by atoms with van der Waals surface area (Å²) in [6.07, 6.45) is 8.69. The fraction of sp³-hybridized carbons (Fsp3) is 0.619. The second-order valence-corrected chi connectivity index (χ2v) is 7.70. The van der Waals surface area contributed by atoms with E-state index in [0.717, 1.165) is 37.0 Å². The number of hydrogen-bond acceptors (Lipinski definition) is 2. The first-order chi connectivity index (χ1) is 10.7. The lowest BCUT2D eigenvalue weighted by Gasteiger charge is -2.33. The third-order valence-corrected chi connectivity index (χ3v) is 3.73. The first-order valence-corrected chi connectivity index (χ1v) is 8.70. The topological polar surface area (TPSA) is 18.5 Å². The highest BCUT2D eigenvalue weighted by Gasteiger charge is 2.24. The number of aryl methyl sites for hydroxylation is 1. The maximum atomic E-state index is 6.11. The molecule has 0 atom stereocenters. The summed E-state index contributed by atoms with van der Waals surface area (Å²) in [6, 6.07) is 6.39. The molecule has 130 valence electrons. The second kappa shape index (κ2) is 8.54. The summed E-state index contributed by atoms with van der Waals surface area (Å²) in [5.41, 5.74) is 2.33. The smallest absolute Gasteiger partial charge is 0.126 e. The van der Waals surface area contributed by atoms with Crippen molar-refractivity contribution in [3.8, 4) is 5.75 Å². The largest absolute Gasteiger partial charge is 0.496 e. The number of unbranched alkanes of at least 4 members (excludes halogenated alkanes) is 1. The van der Waals surface area contributed by atoms with E-state index < -0.39 is 0 Å². The van der Waals surface area contributed by atoms with Gasteiger partial charge in [0, 0.05) is 5.56 Å². The molecule has 0 aliphatic heterocycles. The molecule has 2 nitrogen and oxygen atoms in total. The molecule has 1 aromatic rings. The van der Waals surface area contributed by atoms with E-state index in [9.17, 15) is 0 Å². The lowest BCUT2D eigenvalue weighted by atomic mass is 9.99. The van der Waals surface area contributed by atoms with Gasteiger partial charge in [-0.2, -0.15) is 0 Å². The molecule has 0 bridgehead atoms. The molecular formula is C21H34O2. The molecule has 0 unspecified atom stereocenters. The average Bonchev–Trinajstić information content (AvgIpc) is 2.44. The molecular weight excluding hydrogens is 284 g/mol. The Morgan fingerprint density at radius 3 is 2.35 bits per heavy atom. The van der Waals surface area contributed by atoms with Gasteiger partial charge in [0.15, 0.2) is 0 Å². The summed E-state index contributed by atoms with van der Waals surface area (Å²) in [6.45, 7) is 12.9. The SMILES string of the molecule is CCc1ccc(OC)c(/C=C/CCCC(C)(C)OC(C)(C)C)c1. The Labute approximate surface area is 142 Å². The summed E-state index contributed by atoms with van der Waals surface area (Å²) in [7, 11) is 1.73. The zero-order valence-corrected chi connectivity index (χ0v) is 16.0. The number of ether oxygens (including phenoxy) is 2. The molecule has 0 aliphatic rings. The normalized spacial score (nSPS) is 12.8. The van der Waals surface area contributed by atoms with Gasteiger partial charge in [0.2, 0.25) is 0 Å². The van der Waals surface area contributed by atoms with E-state index >= 15 is 0 Å². The van der Waals surface area contributed by atoms with Gasteiger partial charge in [-0.05, 0) is 78.0 Å². The minimum absolute atomic E-state index is 0.0775. The zero-order chi connectivity index (χ0) is 17.5. The Kier molecular flexibility index (Phi) is 7.34. The summed E-state index contributed by atoms with van der Waals surface area (Å²) in [5, 5.41) is 0. The summed E-state index contributed by atoms with van der Waals surface area (Å²) < 4.78 is 11.6. The van der Waals surface area contributed by atoms with Crippen molar-refractivity contribution in [2.75, 3.05) is 7.11 Å². The van der Waals surface area contributed by atoms with Crippen molar-refractivity contribution in [1.29, 1.82) is 0 Å². The Bertz CT molecular complexity index is 507. The van der Waals surface area contributed by atoms with Crippen LogP contribution in [0, 0.1) is 0 Å². The van der Waals surface area contributed by atoms with E-state index in [1.165, 1.54) is 5.56 Å². The monoisotopic (exact) mass is 318 g/mol. The summed E-state index contributed by atoms with van der Waals surface area (Å²) >= 11 is 0. The lowest BCUT2D eigenvalue weighted by molar-refractivity contribution is -0.116. The van der Waals surface area contributed by atoms with Crippen LogP contribution in [0.1, 0.15) is 71.9 Å². The summed E-state index contributed by atoms with van der Waals surface area (Å²) in [4.78, 5) is 0. The van der Waals surface area contributed by atoms with Crippen LogP contribution in [0.25, 0.3) is 6.08 Å². The van der Waals surface area contributed by atoms with Gasteiger partial charge >= 0.3 is 0 Å². The standard InChI is InChI=1S/C21H34O2/c1-8-17-13-14-19(22-7)18(16-17)12-10-9-11-15-21(5,6)23-20(2,3)4/h10,12-14,16H,8-9,11,15H2,1-7H3/b12-10+. The van der Waals surface area contributed by atoms with Crippen LogP contribution in [0.15, 0.2) is 24.3 Å². The third kappa shape index (κ3) is 7.69. The molecule has 0 fully saturated rings. The predicted molar refractivity (Wildman–Crippen MR) is 100 cm³/mol. The van der Waals surface area contributed by atoms with Crippen LogP contribution in [-0.2, 0) is 11.2 Å². The Balaban J connectivity index is 2.54. The molecule has 1 rings (SSSR count). The van der Waals surface area contributed by atoms with E-state index in [4.69, 9.17) is 9.47 Å². The van der Waals surface area contributed by atoms with Crippen molar-refractivity contribution in [1.82, 2.24) is 0 Å². The number of allylic oxidation sites excluding steroid dienone is 1. The summed E-state index contributed by atoms with van der Waals surface area (Å²) in [5.74, 6) is 0.940. The molecule has 1 aromatic carbocycles. The van der Waals surface area contributed by atoms with Crippen LogP contribution in [0.2, 0.25) is 0 Å². The average molecular weight is 319 g/mol. The van der Waals surface area contributed by atoms with Gasteiger partial charge in [-0.15, -0.1) is 0 Å². The van der Waals surface area contributed by atoms with E-state index in [1.54, 1.807) is 7.11 Å². The van der Waals surface area contributed by atoms with Crippen molar-refractivity contribution in [2.45, 2.75) is 78.4 Å². The minimum atomic E-state index is -0.0900. The van der Waals surface area contributed by atoms with Crippen LogP contribution < -0.4 is 4.74 Å². The van der Waals surface area contributed by atoms with Gasteiger partial charge in [-0.3, -0.25) is 0 Å². The first-order valence-electron chi connectivity index (χ1n) is 8.70. The van der Waals surface area contributed by atoms with Crippen LogP contribution in [0.5, 0.6) is 5.75 Å². The maximum absolute atomic E-state index is 6.11. The van der Waals surface area contributed by atoms with Gasteiger partial charge < -0.3 is 9.47 Å². The quantitative estimate of drug-likeness (QED) is 0.544. The molecule has 0 aromatic heterocycles. The molecule has 2 heteroatoms. The molecule has 0 radical (unpaired) electrons. The highest BCUT2D eigenvalue weighted by Crippen LogP contribution is 2.25. The third-order valence-electron chi connectivity index (χ3n) is 3.73. The molecule has 0 N–H and O–H groups in total. The molecule has 0 saturated heterocycles. The minimum Gasteiger partial charge on any atom is -0.496 e. The van der Waals surface area contributed by atoms with E-state index in [1.807, 2.05) is 0 Å². The van der Waals surface area contributed by atoms with Crippen LogP contribution in [0.4, 0.5) is 0 Å². The Morgan fingerprint density at radius 1 is 1.09 bits per heavy atom. The van der Waals surface area contributed by atoms with Gasteiger partial charge in [0.25, 0.3) is 0 Å². The Morgan fingerprint density at radius 2 is 1.78 bits per heavy atom. The van der Waals surface area contributed by atoms with Crippen molar-refractivity contribution >= 4 is 6.08 Å². The first kappa shape index (κ1) is 19.8. The van der Waals surface area contributed by atoms with Gasteiger partial charge in [-0.25, -0.2) is 0 Å². The van der Waals surface area contributed by atoms with Gasteiger partial charge in [-0.1, -0.05) is 25.1 Å². The highest BCUT2D eigenvalue weighted by atomic mass is 16.5. The number of methoxy groups -OCH3 is 1. The van der Waals surface area contributed by atoms with Crippen LogP contribution in [-0.4, -0.2) is 18.3 Å². The van der Waals surface area contributed by atoms with Crippen LogP contribution >= 0.6 is 0 Å². The van der Waals surface area contributed by atoms with Crippen molar-refractivity contribution in [3.05, 3.63) is 35.4 Å².